The first-order valence-electron chi connectivity index (χ1n) is 9.73. The highest BCUT2D eigenvalue weighted by Gasteiger charge is 2.14. The average Bonchev–Trinajstić information content (AvgIpc) is 2.71. The van der Waals surface area contributed by atoms with Gasteiger partial charge < -0.3 is 19.9 Å². The van der Waals surface area contributed by atoms with Crippen molar-refractivity contribution >= 4 is 39.2 Å². The molecule has 1 N–H and O–H groups in total. The van der Waals surface area contributed by atoms with Crippen LogP contribution in [0.5, 0.6) is 5.88 Å². The molecular formula is C21H26ClN5O. The number of ether oxygens (including phenoxy) is 1. The molecule has 1 aliphatic heterocycles. The van der Waals surface area contributed by atoms with Gasteiger partial charge in [-0.2, -0.15) is 0 Å². The lowest BCUT2D eigenvalue weighted by Crippen LogP contribution is -2.44. The number of fused-ring (bicyclic) bond motifs is 2. The molecule has 6 nitrogen and oxygen atoms in total. The third-order valence-corrected chi connectivity index (χ3v) is 5.55. The van der Waals surface area contributed by atoms with Crippen molar-refractivity contribution in [2.45, 2.75) is 6.42 Å². The van der Waals surface area contributed by atoms with Crippen molar-refractivity contribution in [3.63, 3.8) is 0 Å². The van der Waals surface area contributed by atoms with Crippen molar-refractivity contribution in [2.75, 3.05) is 58.7 Å². The molecule has 3 aromatic rings. The van der Waals surface area contributed by atoms with Crippen LogP contribution >= 0.6 is 11.6 Å². The van der Waals surface area contributed by atoms with Gasteiger partial charge >= 0.3 is 0 Å². The number of hydrogen-bond donors (Lipinski definition) is 1. The quantitative estimate of drug-likeness (QED) is 0.505. The molecule has 2 aromatic heterocycles. The van der Waals surface area contributed by atoms with E-state index in [0.717, 1.165) is 73.3 Å². The van der Waals surface area contributed by atoms with Crippen molar-refractivity contribution in [3.8, 4) is 5.88 Å². The second-order valence-corrected chi connectivity index (χ2v) is 7.73. The highest BCUT2D eigenvalue weighted by atomic mass is 35.5. The van der Waals surface area contributed by atoms with E-state index in [1.54, 1.807) is 7.11 Å². The summed E-state index contributed by atoms with van der Waals surface area (Å²) in [6.45, 7) is 6.57. The van der Waals surface area contributed by atoms with Crippen molar-refractivity contribution in [1.82, 2.24) is 19.8 Å². The monoisotopic (exact) mass is 399 g/mol. The van der Waals surface area contributed by atoms with Gasteiger partial charge in [0.1, 0.15) is 5.52 Å². The maximum absolute atomic E-state index is 6.19. The molecule has 1 fully saturated rings. The zero-order chi connectivity index (χ0) is 19.5. The highest BCUT2D eigenvalue weighted by molar-refractivity contribution is 6.31. The first kappa shape index (κ1) is 19.2. The zero-order valence-corrected chi connectivity index (χ0v) is 17.2. The summed E-state index contributed by atoms with van der Waals surface area (Å²) in [7, 11) is 3.82. The van der Waals surface area contributed by atoms with Crippen molar-refractivity contribution in [2.24, 2.45) is 0 Å². The Labute approximate surface area is 170 Å². The Morgan fingerprint density at radius 2 is 1.89 bits per heavy atom. The molecule has 4 rings (SSSR count). The van der Waals surface area contributed by atoms with Crippen molar-refractivity contribution in [3.05, 3.63) is 35.4 Å². The molecule has 1 saturated heterocycles. The van der Waals surface area contributed by atoms with Crippen LogP contribution in [0.2, 0.25) is 5.02 Å². The number of halogens is 1. The van der Waals surface area contributed by atoms with E-state index in [1.807, 2.05) is 30.3 Å². The Bertz CT molecular complexity index is 972. The summed E-state index contributed by atoms with van der Waals surface area (Å²) in [4.78, 5) is 14.3. The predicted octanol–water partition coefficient (Wildman–Crippen LogP) is 3.49. The summed E-state index contributed by atoms with van der Waals surface area (Å²) in [6.07, 6.45) is 1.08. The van der Waals surface area contributed by atoms with Gasteiger partial charge in [-0.25, -0.2) is 9.97 Å². The standard InChI is InChI=1S/C21H26ClN5O/c1-26-10-12-27(13-11-26)9-3-8-23-20-16-5-4-15(22)14-18(16)24-17-6-7-19(28-2)25-21(17)20/h4-7,14H,3,8-13H2,1-2H3,(H,23,24). The van der Waals surface area contributed by atoms with Gasteiger partial charge in [0, 0.05) is 49.2 Å². The number of likely N-dealkylation sites (N-methyl/N-ethyl adjacent to an activating group) is 1. The van der Waals surface area contributed by atoms with E-state index in [0.29, 0.717) is 10.9 Å². The number of rotatable bonds is 6. The normalized spacial score (nSPS) is 16.0. The molecule has 0 spiro atoms. The van der Waals surface area contributed by atoms with Crippen molar-refractivity contribution in [1.29, 1.82) is 0 Å². The lowest BCUT2D eigenvalue weighted by Gasteiger charge is -2.32. The van der Waals surface area contributed by atoms with Crippen LogP contribution in [0.25, 0.3) is 21.9 Å². The van der Waals surface area contributed by atoms with Crippen LogP contribution in [0, 0.1) is 0 Å². The number of nitrogens with one attached hydrogen (secondary N) is 1. The zero-order valence-electron chi connectivity index (χ0n) is 16.4. The van der Waals surface area contributed by atoms with E-state index in [1.165, 1.54) is 0 Å². The summed E-state index contributed by atoms with van der Waals surface area (Å²) in [5.74, 6) is 0.586. The summed E-state index contributed by atoms with van der Waals surface area (Å²) < 4.78 is 5.32. The third-order valence-electron chi connectivity index (χ3n) is 5.31. The number of piperazine rings is 1. The molecule has 0 aliphatic carbocycles. The van der Waals surface area contributed by atoms with E-state index in [2.05, 4.69) is 27.1 Å². The van der Waals surface area contributed by atoms with Gasteiger partial charge in [0.05, 0.1) is 23.8 Å². The van der Waals surface area contributed by atoms with E-state index in [9.17, 15) is 0 Å². The lowest BCUT2D eigenvalue weighted by atomic mass is 10.1. The van der Waals surface area contributed by atoms with Crippen LogP contribution < -0.4 is 10.1 Å². The molecule has 0 unspecified atom stereocenters. The van der Waals surface area contributed by atoms with Gasteiger partial charge in [-0.15, -0.1) is 0 Å². The number of hydrogen-bond acceptors (Lipinski definition) is 6. The molecule has 7 heteroatoms. The maximum Gasteiger partial charge on any atom is 0.213 e. The fraction of sp³-hybridized carbons (Fsp3) is 0.429. The SMILES string of the molecule is COc1ccc2nc3cc(Cl)ccc3c(NCCCN3CCN(C)CC3)c2n1. The van der Waals surface area contributed by atoms with E-state index >= 15 is 0 Å². The van der Waals surface area contributed by atoms with Gasteiger partial charge in [0.2, 0.25) is 5.88 Å². The Balaban J connectivity index is 1.56. The third kappa shape index (κ3) is 4.14. The predicted molar refractivity (Wildman–Crippen MR) is 116 cm³/mol. The number of nitrogens with zero attached hydrogens (tertiary/aromatic N) is 4. The largest absolute Gasteiger partial charge is 0.481 e. The molecule has 0 amide bonds. The second-order valence-electron chi connectivity index (χ2n) is 7.29. The number of aromatic nitrogens is 2. The summed E-state index contributed by atoms with van der Waals surface area (Å²) in [5, 5.41) is 5.32. The average molecular weight is 400 g/mol. The molecule has 1 aliphatic rings. The minimum absolute atomic E-state index is 0.586. The topological polar surface area (TPSA) is 53.5 Å². The Morgan fingerprint density at radius 1 is 1.07 bits per heavy atom. The minimum Gasteiger partial charge on any atom is -0.481 e. The molecule has 0 radical (unpaired) electrons. The Kier molecular flexibility index (Phi) is 5.80. The smallest absolute Gasteiger partial charge is 0.213 e. The molecule has 0 atom stereocenters. The number of anilines is 1. The summed E-state index contributed by atoms with van der Waals surface area (Å²) >= 11 is 6.19. The molecular weight excluding hydrogens is 374 g/mol. The van der Waals surface area contributed by atoms with Crippen LogP contribution in [-0.4, -0.2) is 73.2 Å². The molecule has 1 aromatic carbocycles. The molecule has 3 heterocycles. The molecule has 148 valence electrons. The van der Waals surface area contributed by atoms with E-state index < -0.39 is 0 Å². The maximum atomic E-state index is 6.19. The molecule has 28 heavy (non-hydrogen) atoms. The Hall–Kier alpha value is -2.15. The van der Waals surface area contributed by atoms with Gasteiger partial charge in [-0.3, -0.25) is 0 Å². The molecule has 0 bridgehead atoms. The van der Waals surface area contributed by atoms with Crippen LogP contribution in [-0.2, 0) is 0 Å². The van der Waals surface area contributed by atoms with Crippen LogP contribution in [0.1, 0.15) is 6.42 Å². The van der Waals surface area contributed by atoms with E-state index in [-0.39, 0.29) is 0 Å². The van der Waals surface area contributed by atoms with E-state index in [4.69, 9.17) is 21.3 Å². The minimum atomic E-state index is 0.586. The second kappa shape index (κ2) is 8.47. The first-order valence-corrected chi connectivity index (χ1v) is 10.1. The fourth-order valence-electron chi connectivity index (χ4n) is 3.65. The molecule has 0 saturated carbocycles. The fourth-order valence-corrected chi connectivity index (χ4v) is 3.82. The van der Waals surface area contributed by atoms with Crippen LogP contribution in [0.15, 0.2) is 30.3 Å². The number of pyridine rings is 2. The number of benzene rings is 1. The highest BCUT2D eigenvalue weighted by Crippen LogP contribution is 2.32. The van der Waals surface area contributed by atoms with Gasteiger partial charge in [-0.05, 0) is 44.3 Å². The Morgan fingerprint density at radius 3 is 2.68 bits per heavy atom. The van der Waals surface area contributed by atoms with Crippen molar-refractivity contribution < 1.29 is 4.74 Å². The number of methoxy groups -OCH3 is 1. The van der Waals surface area contributed by atoms with Gasteiger partial charge in [0.25, 0.3) is 0 Å². The lowest BCUT2D eigenvalue weighted by molar-refractivity contribution is 0.154. The van der Waals surface area contributed by atoms with Gasteiger partial charge in [0.15, 0.2) is 0 Å². The first-order chi connectivity index (χ1) is 13.6. The van der Waals surface area contributed by atoms with Crippen LogP contribution in [0.4, 0.5) is 5.69 Å². The van der Waals surface area contributed by atoms with Crippen LogP contribution in [0.3, 0.4) is 0 Å². The van der Waals surface area contributed by atoms with Gasteiger partial charge in [-0.1, -0.05) is 11.6 Å². The summed E-state index contributed by atoms with van der Waals surface area (Å²) in [5.41, 5.74) is 3.52. The summed E-state index contributed by atoms with van der Waals surface area (Å²) in [6, 6.07) is 9.58.